The van der Waals surface area contributed by atoms with Crippen molar-refractivity contribution in [2.45, 2.75) is 5.54 Å². The molecule has 0 fully saturated rings. The minimum Gasteiger partial charge on any atom is -0.478 e. The Bertz CT molecular complexity index is 1020. The van der Waals surface area contributed by atoms with E-state index in [1.165, 1.54) is 6.08 Å². The smallest absolute Gasteiger partial charge is 0.328 e. The van der Waals surface area contributed by atoms with E-state index in [0.717, 1.165) is 22.8 Å². The van der Waals surface area contributed by atoms with Gasteiger partial charge in [-0.05, 0) is 22.8 Å². The van der Waals surface area contributed by atoms with Crippen LogP contribution in [-0.4, -0.2) is 20.6 Å². The van der Waals surface area contributed by atoms with Gasteiger partial charge in [-0.2, -0.15) is 0 Å². The Morgan fingerprint density at radius 1 is 0.793 bits per heavy atom. The first kappa shape index (κ1) is 18.4. The maximum atomic E-state index is 11.1. The second kappa shape index (κ2) is 7.98. The lowest BCUT2D eigenvalue weighted by Gasteiger charge is -2.38. The molecule has 0 aliphatic heterocycles. The van der Waals surface area contributed by atoms with E-state index in [2.05, 4.69) is 41.4 Å². The van der Waals surface area contributed by atoms with E-state index in [0.29, 0.717) is 5.82 Å². The van der Waals surface area contributed by atoms with Gasteiger partial charge >= 0.3 is 5.97 Å². The molecule has 29 heavy (non-hydrogen) atoms. The van der Waals surface area contributed by atoms with Gasteiger partial charge in [0.1, 0.15) is 11.4 Å². The van der Waals surface area contributed by atoms with Gasteiger partial charge in [-0.1, -0.05) is 91.0 Å². The normalized spacial score (nSPS) is 11.6. The molecule has 0 amide bonds. The molecular formula is C25H20N2O2. The molecule has 1 aromatic heterocycles. The van der Waals surface area contributed by atoms with Crippen molar-refractivity contribution in [2.24, 2.45) is 0 Å². The topological polar surface area (TPSA) is 55.1 Å². The third-order valence-electron chi connectivity index (χ3n) is 4.98. The fourth-order valence-electron chi connectivity index (χ4n) is 3.82. The SMILES string of the molecule is O=C(O)/C=C/c1nccn1C(c1ccccc1)(c1ccccc1)c1ccccc1. The first-order valence-electron chi connectivity index (χ1n) is 9.34. The third-order valence-corrected chi connectivity index (χ3v) is 4.98. The minimum absolute atomic E-state index is 0.559. The Labute approximate surface area is 169 Å². The third kappa shape index (κ3) is 3.36. The highest BCUT2D eigenvalue weighted by molar-refractivity contribution is 5.84. The van der Waals surface area contributed by atoms with Gasteiger partial charge in [0.15, 0.2) is 0 Å². The molecule has 0 radical (unpaired) electrons. The monoisotopic (exact) mass is 380 g/mol. The Morgan fingerprint density at radius 3 is 1.66 bits per heavy atom. The summed E-state index contributed by atoms with van der Waals surface area (Å²) >= 11 is 0. The number of aromatic nitrogens is 2. The van der Waals surface area contributed by atoms with Crippen LogP contribution >= 0.6 is 0 Å². The minimum atomic E-state index is -1.01. The number of hydrogen-bond acceptors (Lipinski definition) is 2. The van der Waals surface area contributed by atoms with Gasteiger partial charge in [-0.25, -0.2) is 9.78 Å². The van der Waals surface area contributed by atoms with Crippen LogP contribution in [0, 0.1) is 0 Å². The van der Waals surface area contributed by atoms with Crippen LogP contribution in [0.15, 0.2) is 109 Å². The second-order valence-electron chi connectivity index (χ2n) is 6.64. The molecule has 4 heteroatoms. The van der Waals surface area contributed by atoms with Gasteiger partial charge < -0.3 is 9.67 Å². The first-order valence-corrected chi connectivity index (χ1v) is 9.34. The fourth-order valence-corrected chi connectivity index (χ4v) is 3.82. The number of carbonyl (C=O) groups is 1. The molecule has 4 aromatic rings. The van der Waals surface area contributed by atoms with Crippen molar-refractivity contribution in [3.8, 4) is 0 Å². The number of nitrogens with zero attached hydrogens (tertiary/aromatic N) is 2. The van der Waals surface area contributed by atoms with E-state index < -0.39 is 11.5 Å². The van der Waals surface area contributed by atoms with Crippen molar-refractivity contribution in [2.75, 3.05) is 0 Å². The maximum absolute atomic E-state index is 11.1. The van der Waals surface area contributed by atoms with Gasteiger partial charge in [-0.15, -0.1) is 0 Å². The predicted octanol–water partition coefficient (Wildman–Crippen LogP) is 4.82. The van der Waals surface area contributed by atoms with Crippen molar-refractivity contribution in [3.05, 3.63) is 132 Å². The zero-order valence-corrected chi connectivity index (χ0v) is 15.7. The molecule has 4 nitrogen and oxygen atoms in total. The molecule has 0 spiro atoms. The fraction of sp³-hybridized carbons (Fsp3) is 0.0400. The van der Waals surface area contributed by atoms with Gasteiger partial charge in [0, 0.05) is 18.5 Å². The largest absolute Gasteiger partial charge is 0.478 e. The molecule has 0 aliphatic carbocycles. The van der Waals surface area contributed by atoms with Crippen LogP contribution in [0.25, 0.3) is 6.08 Å². The van der Waals surface area contributed by atoms with E-state index in [9.17, 15) is 4.79 Å². The lowest BCUT2D eigenvalue weighted by atomic mass is 9.76. The highest BCUT2D eigenvalue weighted by Gasteiger charge is 2.39. The summed E-state index contributed by atoms with van der Waals surface area (Å²) in [5.41, 5.74) is 2.46. The summed E-state index contributed by atoms with van der Waals surface area (Å²) in [7, 11) is 0. The molecular weight excluding hydrogens is 360 g/mol. The second-order valence-corrected chi connectivity index (χ2v) is 6.64. The average molecular weight is 380 g/mol. The van der Waals surface area contributed by atoms with Crippen LogP contribution in [0.3, 0.4) is 0 Å². The standard InChI is InChI=1S/C25H20N2O2/c28-24(29)17-16-23-26-18-19-27(23)25(20-10-4-1-5-11-20,21-12-6-2-7-13-21)22-14-8-3-9-15-22/h1-19H,(H,28,29)/b17-16+. The first-order chi connectivity index (χ1) is 14.2. The van der Waals surface area contributed by atoms with Gasteiger partial charge in [-0.3, -0.25) is 0 Å². The zero-order chi connectivity index (χ0) is 20.1. The van der Waals surface area contributed by atoms with Crippen molar-refractivity contribution < 1.29 is 9.90 Å². The van der Waals surface area contributed by atoms with Crippen molar-refractivity contribution in [3.63, 3.8) is 0 Å². The molecule has 1 N–H and O–H groups in total. The van der Waals surface area contributed by atoms with Crippen molar-refractivity contribution in [1.29, 1.82) is 0 Å². The summed E-state index contributed by atoms with van der Waals surface area (Å²) in [4.78, 5) is 15.6. The van der Waals surface area contributed by atoms with Gasteiger partial charge in [0.05, 0.1) is 0 Å². The summed E-state index contributed by atoms with van der Waals surface area (Å²) < 4.78 is 2.03. The number of hydrogen-bond donors (Lipinski definition) is 1. The number of benzene rings is 3. The Balaban J connectivity index is 2.10. The summed E-state index contributed by atoms with van der Waals surface area (Å²) in [6, 6.07) is 30.6. The molecule has 0 aliphatic rings. The molecule has 0 saturated carbocycles. The maximum Gasteiger partial charge on any atom is 0.328 e. The molecule has 3 aromatic carbocycles. The van der Waals surface area contributed by atoms with E-state index in [1.54, 1.807) is 6.20 Å². The van der Waals surface area contributed by atoms with Crippen molar-refractivity contribution >= 4 is 12.0 Å². The summed E-state index contributed by atoms with van der Waals surface area (Å²) in [5, 5.41) is 9.13. The molecule has 142 valence electrons. The Hall–Kier alpha value is -3.92. The van der Waals surface area contributed by atoms with E-state index in [1.807, 2.05) is 65.4 Å². The van der Waals surface area contributed by atoms with Crippen LogP contribution in [0.2, 0.25) is 0 Å². The number of aliphatic carboxylic acids is 1. The molecule has 0 bridgehead atoms. The number of carboxylic acids is 1. The van der Waals surface area contributed by atoms with Crippen LogP contribution in [0.5, 0.6) is 0 Å². The van der Waals surface area contributed by atoms with E-state index in [4.69, 9.17) is 5.11 Å². The quantitative estimate of drug-likeness (QED) is 0.385. The van der Waals surface area contributed by atoms with Crippen LogP contribution in [0.1, 0.15) is 22.5 Å². The Kier molecular flexibility index (Phi) is 5.08. The number of rotatable bonds is 6. The average Bonchev–Trinajstić information content (AvgIpc) is 3.24. The lowest BCUT2D eigenvalue weighted by molar-refractivity contribution is -0.131. The van der Waals surface area contributed by atoms with Gasteiger partial charge in [0.25, 0.3) is 0 Å². The molecule has 0 saturated heterocycles. The molecule has 0 atom stereocenters. The molecule has 4 rings (SSSR count). The highest BCUT2D eigenvalue weighted by Crippen LogP contribution is 2.41. The van der Waals surface area contributed by atoms with E-state index >= 15 is 0 Å². The van der Waals surface area contributed by atoms with Gasteiger partial charge in [0.2, 0.25) is 0 Å². The summed E-state index contributed by atoms with van der Waals surface area (Å²) in [6.45, 7) is 0. The summed E-state index contributed by atoms with van der Waals surface area (Å²) in [5.74, 6) is -0.451. The van der Waals surface area contributed by atoms with Crippen LogP contribution in [-0.2, 0) is 10.3 Å². The summed E-state index contributed by atoms with van der Waals surface area (Å²) in [6.07, 6.45) is 6.25. The number of carboxylic acid groups (broad SMARTS) is 1. The Morgan fingerprint density at radius 2 is 1.24 bits per heavy atom. The predicted molar refractivity (Wildman–Crippen MR) is 114 cm³/mol. The van der Waals surface area contributed by atoms with Crippen LogP contribution < -0.4 is 0 Å². The lowest BCUT2D eigenvalue weighted by Crippen LogP contribution is -2.38. The van der Waals surface area contributed by atoms with E-state index in [-0.39, 0.29) is 0 Å². The number of imidazole rings is 1. The van der Waals surface area contributed by atoms with Crippen molar-refractivity contribution in [1.82, 2.24) is 9.55 Å². The molecule has 0 unspecified atom stereocenters. The highest BCUT2D eigenvalue weighted by atomic mass is 16.4. The zero-order valence-electron chi connectivity index (χ0n) is 15.7. The van der Waals surface area contributed by atoms with Crippen LogP contribution in [0.4, 0.5) is 0 Å². The molecule has 1 heterocycles.